The maximum atomic E-state index is 13.5. The van der Waals surface area contributed by atoms with Crippen LogP contribution < -0.4 is 10.5 Å². The minimum atomic E-state index is -3.32. The lowest BCUT2D eigenvalue weighted by Gasteiger charge is -2.29. The van der Waals surface area contributed by atoms with Gasteiger partial charge in [-0.15, -0.1) is 0 Å². The first kappa shape index (κ1) is 24.8. The number of hydrogen-bond donors (Lipinski definition) is 1. The van der Waals surface area contributed by atoms with Crippen LogP contribution in [0.1, 0.15) is 37.6 Å². The van der Waals surface area contributed by atoms with Crippen molar-refractivity contribution in [2.75, 3.05) is 6.61 Å². The molecule has 0 radical (unpaired) electrons. The Labute approximate surface area is 172 Å². The number of nitrogens with zero attached hydrogens (tertiary/aromatic N) is 2. The molecule has 0 amide bonds. The van der Waals surface area contributed by atoms with Gasteiger partial charge in [-0.3, -0.25) is 4.98 Å². The molecule has 12 heteroatoms. The first-order valence-electron chi connectivity index (χ1n) is 8.93. The third kappa shape index (κ3) is 6.74. The Morgan fingerprint density at radius 1 is 0.968 bits per heavy atom. The summed E-state index contributed by atoms with van der Waals surface area (Å²) in [6.07, 6.45) is -12.4. The van der Waals surface area contributed by atoms with E-state index in [1.165, 1.54) is 19.1 Å². The molecular weight excluding hydrogens is 438 g/mol. The van der Waals surface area contributed by atoms with E-state index < -0.39 is 67.3 Å². The van der Waals surface area contributed by atoms with Crippen LogP contribution in [0.5, 0.6) is 5.75 Å². The molecule has 0 aliphatic rings. The molecule has 0 bridgehead atoms. The van der Waals surface area contributed by atoms with Gasteiger partial charge in [0.25, 0.3) is 12.9 Å². The Hall–Kier alpha value is -2.50. The Bertz CT molecular complexity index is 856. The quantitative estimate of drug-likeness (QED) is 0.469. The summed E-state index contributed by atoms with van der Waals surface area (Å²) in [4.78, 5) is 7.21. The van der Waals surface area contributed by atoms with Crippen LogP contribution in [-0.4, -0.2) is 35.0 Å². The largest absolute Gasteiger partial charge is 0.490 e. The van der Waals surface area contributed by atoms with E-state index in [0.29, 0.717) is 0 Å². The maximum absolute atomic E-state index is 13.5. The van der Waals surface area contributed by atoms with Crippen molar-refractivity contribution in [3.05, 3.63) is 41.9 Å². The Morgan fingerprint density at radius 2 is 1.61 bits per heavy atom. The number of hydrogen-bond acceptors (Lipinski definition) is 4. The predicted octanol–water partition coefficient (Wildman–Crippen LogP) is 5.65. The van der Waals surface area contributed by atoms with Crippen molar-refractivity contribution in [3.8, 4) is 17.0 Å². The molecule has 2 N–H and O–H groups in total. The number of pyridine rings is 2. The second-order valence-electron chi connectivity index (χ2n) is 7.13. The molecule has 0 saturated carbocycles. The van der Waals surface area contributed by atoms with Crippen molar-refractivity contribution >= 4 is 0 Å². The highest BCUT2D eigenvalue weighted by Gasteiger charge is 2.36. The Balaban J connectivity index is 2.23. The van der Waals surface area contributed by atoms with Gasteiger partial charge in [0.1, 0.15) is 23.7 Å². The number of aromatic nitrogens is 2. The molecule has 0 unspecified atom stereocenters. The minimum absolute atomic E-state index is 0.0575. The summed E-state index contributed by atoms with van der Waals surface area (Å²) < 4.78 is 109. The van der Waals surface area contributed by atoms with Gasteiger partial charge in [0.15, 0.2) is 0 Å². The van der Waals surface area contributed by atoms with Gasteiger partial charge in [0.05, 0.1) is 11.6 Å². The van der Waals surface area contributed by atoms with Crippen molar-refractivity contribution in [2.24, 2.45) is 11.7 Å². The number of nitrogens with two attached hydrogens (primary N) is 1. The average molecular weight is 457 g/mol. The third-order valence-corrected chi connectivity index (χ3v) is 4.30. The zero-order valence-corrected chi connectivity index (χ0v) is 16.1. The second-order valence-corrected chi connectivity index (χ2v) is 7.13. The molecule has 4 nitrogen and oxygen atoms in total. The summed E-state index contributed by atoms with van der Waals surface area (Å²) in [5.41, 5.74) is 2.73. The fraction of sp³-hybridized carbons (Fsp3) is 0.474. The molecule has 0 spiro atoms. The van der Waals surface area contributed by atoms with E-state index in [2.05, 4.69) is 9.97 Å². The lowest BCUT2D eigenvalue weighted by molar-refractivity contribution is -0.0423. The van der Waals surface area contributed by atoms with Crippen molar-refractivity contribution in [1.29, 1.82) is 0 Å². The molecular formula is C19H19F8N3O. The van der Waals surface area contributed by atoms with E-state index in [9.17, 15) is 35.1 Å². The summed E-state index contributed by atoms with van der Waals surface area (Å²) >= 11 is 0. The van der Waals surface area contributed by atoms with Gasteiger partial charge in [0.2, 0.25) is 12.9 Å². The van der Waals surface area contributed by atoms with Gasteiger partial charge in [0, 0.05) is 17.3 Å². The molecule has 0 aromatic carbocycles. The molecule has 0 aliphatic carbocycles. The van der Waals surface area contributed by atoms with Crippen LogP contribution in [0, 0.1) is 5.92 Å². The lowest BCUT2D eigenvalue weighted by Crippen LogP contribution is -2.46. The van der Waals surface area contributed by atoms with Crippen molar-refractivity contribution < 1.29 is 39.9 Å². The Morgan fingerprint density at radius 3 is 2.16 bits per heavy atom. The van der Waals surface area contributed by atoms with Crippen molar-refractivity contribution in [3.63, 3.8) is 0 Å². The number of alkyl halides is 8. The highest BCUT2D eigenvalue weighted by atomic mass is 19.3. The van der Waals surface area contributed by atoms with E-state index >= 15 is 0 Å². The fourth-order valence-corrected chi connectivity index (χ4v) is 2.76. The highest BCUT2D eigenvalue weighted by molar-refractivity contribution is 5.60. The van der Waals surface area contributed by atoms with Gasteiger partial charge in [-0.1, -0.05) is 0 Å². The topological polar surface area (TPSA) is 61.0 Å². The monoisotopic (exact) mass is 457 g/mol. The van der Waals surface area contributed by atoms with Gasteiger partial charge >= 0.3 is 0 Å². The summed E-state index contributed by atoms with van der Waals surface area (Å²) in [6.45, 7) is 0.561. The normalized spacial score (nSPS) is 14.2. The highest BCUT2D eigenvalue weighted by Crippen LogP contribution is 2.33. The zero-order valence-electron chi connectivity index (χ0n) is 16.1. The van der Waals surface area contributed by atoms with Crippen LogP contribution in [0.25, 0.3) is 11.3 Å². The Kier molecular flexibility index (Phi) is 8.15. The molecule has 1 atom stereocenters. The van der Waals surface area contributed by atoms with E-state index in [1.54, 1.807) is 0 Å². The lowest BCUT2D eigenvalue weighted by atomic mass is 9.91. The van der Waals surface area contributed by atoms with Crippen LogP contribution in [0.3, 0.4) is 0 Å². The molecule has 0 saturated heterocycles. The zero-order chi connectivity index (χ0) is 23.3. The fourth-order valence-electron chi connectivity index (χ4n) is 2.76. The van der Waals surface area contributed by atoms with Crippen LogP contribution >= 0.6 is 0 Å². The van der Waals surface area contributed by atoms with Crippen LogP contribution in [0.4, 0.5) is 35.1 Å². The van der Waals surface area contributed by atoms with Gasteiger partial charge < -0.3 is 10.5 Å². The molecule has 0 aliphatic heterocycles. The molecule has 2 aromatic heterocycles. The smallest absolute Gasteiger partial charge is 0.284 e. The van der Waals surface area contributed by atoms with E-state index in [1.807, 2.05) is 0 Å². The molecule has 172 valence electrons. The van der Waals surface area contributed by atoms with Gasteiger partial charge in [-0.2, -0.15) is 0 Å². The molecule has 2 rings (SSSR count). The molecule has 0 fully saturated rings. The average Bonchev–Trinajstić information content (AvgIpc) is 2.70. The number of ether oxygens (including phenoxy) is 1. The first-order chi connectivity index (χ1) is 14.4. The summed E-state index contributed by atoms with van der Waals surface area (Å²) in [5.74, 6) is -2.74. The minimum Gasteiger partial charge on any atom is -0.490 e. The van der Waals surface area contributed by atoms with Crippen molar-refractivity contribution in [1.82, 2.24) is 9.97 Å². The van der Waals surface area contributed by atoms with Crippen molar-refractivity contribution in [2.45, 2.75) is 44.6 Å². The summed E-state index contributed by atoms with van der Waals surface area (Å²) in [7, 11) is 0. The first-order valence-corrected chi connectivity index (χ1v) is 8.93. The molecule has 2 heterocycles. The number of halogens is 8. The SMILES string of the molecule is C[C@@](N)(COc1ccc(-c2ccnc(C(F)F)c2)nc1C(F)F)CC(C(F)F)C(F)F. The third-order valence-electron chi connectivity index (χ3n) is 4.30. The van der Waals surface area contributed by atoms with E-state index in [0.717, 1.165) is 18.3 Å². The summed E-state index contributed by atoms with van der Waals surface area (Å²) in [6, 6.07) is 4.60. The molecule has 2 aromatic rings. The number of rotatable bonds is 10. The van der Waals surface area contributed by atoms with E-state index in [4.69, 9.17) is 10.5 Å². The van der Waals surface area contributed by atoms with Gasteiger partial charge in [-0.05, 0) is 37.6 Å². The van der Waals surface area contributed by atoms with Crippen LogP contribution in [0.15, 0.2) is 30.5 Å². The molecule has 31 heavy (non-hydrogen) atoms. The van der Waals surface area contributed by atoms with Crippen LogP contribution in [0.2, 0.25) is 0 Å². The van der Waals surface area contributed by atoms with Gasteiger partial charge in [-0.25, -0.2) is 40.1 Å². The maximum Gasteiger partial charge on any atom is 0.284 e. The summed E-state index contributed by atoms with van der Waals surface area (Å²) in [5, 5.41) is 0. The standard InChI is InChI=1S/C19H19F8N3O/c1-19(28,7-10(15(20)21)16(22)23)8-31-13-3-2-11(30-14(13)18(26)27)9-4-5-29-12(6-9)17(24)25/h2-6,10,15-18H,7-8,28H2,1H3/t19-/m0/s1. The predicted molar refractivity (Wildman–Crippen MR) is 95.6 cm³/mol. The second kappa shape index (κ2) is 10.2. The van der Waals surface area contributed by atoms with Crippen LogP contribution in [-0.2, 0) is 0 Å². The van der Waals surface area contributed by atoms with E-state index in [-0.39, 0.29) is 11.3 Å².